The first-order valence-electron chi connectivity index (χ1n) is 5.57. The first-order chi connectivity index (χ1) is 8.40. The summed E-state index contributed by atoms with van der Waals surface area (Å²) in [6.45, 7) is 0.504. The molecule has 0 fully saturated rings. The molecule has 2 nitrogen and oxygen atoms in total. The van der Waals surface area contributed by atoms with E-state index in [0.29, 0.717) is 6.61 Å². The third-order valence-electron chi connectivity index (χ3n) is 2.54. The van der Waals surface area contributed by atoms with Gasteiger partial charge in [-0.05, 0) is 23.8 Å². The SMILES string of the molecule is COC(COc1cc[c]cc1)c1ccccc1. The summed E-state index contributed by atoms with van der Waals surface area (Å²) in [7, 11) is 1.69. The smallest absolute Gasteiger partial charge is 0.119 e. The molecule has 0 aliphatic carbocycles. The van der Waals surface area contributed by atoms with Gasteiger partial charge in [-0.2, -0.15) is 0 Å². The molecule has 1 unspecified atom stereocenters. The van der Waals surface area contributed by atoms with Crippen LogP contribution in [0.1, 0.15) is 11.7 Å². The van der Waals surface area contributed by atoms with Crippen LogP contribution in [0.15, 0.2) is 54.6 Å². The molecule has 0 saturated carbocycles. The second-order valence-corrected chi connectivity index (χ2v) is 3.68. The van der Waals surface area contributed by atoms with Crippen molar-refractivity contribution in [3.63, 3.8) is 0 Å². The normalized spacial score (nSPS) is 12.1. The molecule has 1 radical (unpaired) electrons. The van der Waals surface area contributed by atoms with Crippen LogP contribution in [-0.4, -0.2) is 13.7 Å². The van der Waals surface area contributed by atoms with E-state index >= 15 is 0 Å². The van der Waals surface area contributed by atoms with E-state index in [9.17, 15) is 0 Å². The molecule has 0 spiro atoms. The average molecular weight is 227 g/mol. The molecule has 2 aromatic carbocycles. The zero-order chi connectivity index (χ0) is 11.9. The van der Waals surface area contributed by atoms with E-state index in [1.165, 1.54) is 0 Å². The van der Waals surface area contributed by atoms with E-state index in [4.69, 9.17) is 9.47 Å². The lowest BCUT2D eigenvalue weighted by atomic mass is 10.1. The molecule has 2 heteroatoms. The zero-order valence-corrected chi connectivity index (χ0v) is 9.80. The molecule has 2 rings (SSSR count). The van der Waals surface area contributed by atoms with Crippen molar-refractivity contribution in [3.8, 4) is 5.75 Å². The summed E-state index contributed by atoms with van der Waals surface area (Å²) in [6.07, 6.45) is -0.0413. The molecular formula is C15H15O2. The summed E-state index contributed by atoms with van der Waals surface area (Å²) in [6, 6.07) is 20.5. The summed E-state index contributed by atoms with van der Waals surface area (Å²) in [4.78, 5) is 0. The van der Waals surface area contributed by atoms with Crippen molar-refractivity contribution in [1.82, 2.24) is 0 Å². The van der Waals surface area contributed by atoms with Gasteiger partial charge >= 0.3 is 0 Å². The molecule has 1 atom stereocenters. The molecular weight excluding hydrogens is 212 g/mol. The summed E-state index contributed by atoms with van der Waals surface area (Å²) >= 11 is 0. The monoisotopic (exact) mass is 227 g/mol. The maximum Gasteiger partial charge on any atom is 0.119 e. The number of ether oxygens (including phenoxy) is 2. The van der Waals surface area contributed by atoms with Crippen LogP contribution in [0.5, 0.6) is 5.75 Å². The number of methoxy groups -OCH3 is 1. The highest BCUT2D eigenvalue weighted by Gasteiger charge is 2.10. The van der Waals surface area contributed by atoms with Crippen LogP contribution < -0.4 is 4.74 Å². The maximum atomic E-state index is 5.67. The van der Waals surface area contributed by atoms with Crippen LogP contribution in [0.2, 0.25) is 0 Å². The minimum absolute atomic E-state index is 0.0413. The van der Waals surface area contributed by atoms with Crippen LogP contribution in [0.25, 0.3) is 0 Å². The van der Waals surface area contributed by atoms with Crippen molar-refractivity contribution in [2.75, 3.05) is 13.7 Å². The van der Waals surface area contributed by atoms with E-state index in [2.05, 4.69) is 6.07 Å². The molecule has 0 bridgehead atoms. The largest absolute Gasteiger partial charge is 0.491 e. The van der Waals surface area contributed by atoms with Gasteiger partial charge in [0.1, 0.15) is 18.5 Å². The van der Waals surface area contributed by atoms with Crippen molar-refractivity contribution in [1.29, 1.82) is 0 Å². The Labute approximate surface area is 102 Å². The van der Waals surface area contributed by atoms with Crippen molar-refractivity contribution < 1.29 is 9.47 Å². The minimum atomic E-state index is -0.0413. The Kier molecular flexibility index (Phi) is 4.17. The van der Waals surface area contributed by atoms with Gasteiger partial charge in [-0.25, -0.2) is 0 Å². The van der Waals surface area contributed by atoms with Gasteiger partial charge in [0.15, 0.2) is 0 Å². The highest BCUT2D eigenvalue weighted by Crippen LogP contribution is 2.18. The van der Waals surface area contributed by atoms with Gasteiger partial charge in [-0.1, -0.05) is 42.5 Å². The maximum absolute atomic E-state index is 5.67. The fourth-order valence-corrected chi connectivity index (χ4v) is 1.61. The highest BCUT2D eigenvalue weighted by atomic mass is 16.5. The molecule has 0 aromatic heterocycles. The Morgan fingerprint density at radius 2 is 1.76 bits per heavy atom. The Morgan fingerprint density at radius 1 is 1.06 bits per heavy atom. The second kappa shape index (κ2) is 6.06. The van der Waals surface area contributed by atoms with E-state index in [0.717, 1.165) is 11.3 Å². The first-order valence-corrected chi connectivity index (χ1v) is 5.57. The van der Waals surface area contributed by atoms with Crippen molar-refractivity contribution in [2.24, 2.45) is 0 Å². The van der Waals surface area contributed by atoms with Crippen LogP contribution in [0, 0.1) is 6.07 Å². The van der Waals surface area contributed by atoms with Crippen LogP contribution >= 0.6 is 0 Å². The van der Waals surface area contributed by atoms with Crippen LogP contribution in [0.3, 0.4) is 0 Å². The van der Waals surface area contributed by atoms with E-state index in [1.807, 2.05) is 54.6 Å². The third-order valence-corrected chi connectivity index (χ3v) is 2.54. The number of benzene rings is 2. The van der Waals surface area contributed by atoms with Gasteiger partial charge < -0.3 is 9.47 Å². The highest BCUT2D eigenvalue weighted by molar-refractivity contribution is 5.21. The van der Waals surface area contributed by atoms with Crippen LogP contribution in [0.4, 0.5) is 0 Å². The van der Waals surface area contributed by atoms with Crippen molar-refractivity contribution >= 4 is 0 Å². The summed E-state index contributed by atoms with van der Waals surface area (Å²) in [5, 5.41) is 0. The summed E-state index contributed by atoms with van der Waals surface area (Å²) in [5.74, 6) is 0.835. The molecule has 87 valence electrons. The topological polar surface area (TPSA) is 18.5 Å². The lowest BCUT2D eigenvalue weighted by molar-refractivity contribution is 0.0576. The van der Waals surface area contributed by atoms with Crippen molar-refractivity contribution in [2.45, 2.75) is 6.10 Å². The molecule has 0 saturated heterocycles. The van der Waals surface area contributed by atoms with Crippen molar-refractivity contribution in [3.05, 3.63) is 66.2 Å². The summed E-state index contributed by atoms with van der Waals surface area (Å²) in [5.41, 5.74) is 1.12. The number of hydrogen-bond donors (Lipinski definition) is 0. The van der Waals surface area contributed by atoms with Gasteiger partial charge in [0, 0.05) is 7.11 Å². The van der Waals surface area contributed by atoms with E-state index in [-0.39, 0.29) is 6.10 Å². The molecule has 17 heavy (non-hydrogen) atoms. The predicted octanol–water partition coefficient (Wildman–Crippen LogP) is 3.25. The minimum Gasteiger partial charge on any atom is -0.491 e. The lowest BCUT2D eigenvalue weighted by Crippen LogP contribution is -2.12. The van der Waals surface area contributed by atoms with Gasteiger partial charge in [-0.3, -0.25) is 0 Å². The average Bonchev–Trinajstić information content (AvgIpc) is 2.42. The van der Waals surface area contributed by atoms with Gasteiger partial charge in [0.25, 0.3) is 0 Å². The molecule has 0 aliphatic rings. The van der Waals surface area contributed by atoms with E-state index < -0.39 is 0 Å². The summed E-state index contributed by atoms with van der Waals surface area (Å²) < 4.78 is 11.1. The van der Waals surface area contributed by atoms with Gasteiger partial charge in [-0.15, -0.1) is 0 Å². The Balaban J connectivity index is 1.97. The Morgan fingerprint density at radius 3 is 2.41 bits per heavy atom. The predicted molar refractivity (Wildman–Crippen MR) is 67.0 cm³/mol. The van der Waals surface area contributed by atoms with E-state index in [1.54, 1.807) is 7.11 Å². The Bertz CT molecular complexity index is 425. The van der Waals surface area contributed by atoms with Gasteiger partial charge in [0.2, 0.25) is 0 Å². The molecule has 0 N–H and O–H groups in total. The van der Waals surface area contributed by atoms with Gasteiger partial charge in [0.05, 0.1) is 0 Å². The number of rotatable bonds is 5. The quantitative estimate of drug-likeness (QED) is 0.780. The Hall–Kier alpha value is -1.80. The molecule has 0 aliphatic heterocycles. The first kappa shape index (κ1) is 11.7. The second-order valence-electron chi connectivity index (χ2n) is 3.68. The molecule has 0 heterocycles. The third kappa shape index (κ3) is 3.33. The standard InChI is InChI=1S/C15H15O2/c1-16-15(13-8-4-2-5-9-13)12-17-14-10-6-3-7-11-14/h2,4-11,15H,12H2,1H3. The lowest BCUT2D eigenvalue weighted by Gasteiger charge is -2.16. The van der Waals surface area contributed by atoms with Crippen LogP contribution in [-0.2, 0) is 4.74 Å². The number of hydrogen-bond acceptors (Lipinski definition) is 2. The fraction of sp³-hybridized carbons (Fsp3) is 0.200. The zero-order valence-electron chi connectivity index (χ0n) is 9.80. The molecule has 0 amide bonds. The molecule has 2 aromatic rings. The fourth-order valence-electron chi connectivity index (χ4n) is 1.61.